The van der Waals surface area contributed by atoms with Crippen LogP contribution < -0.4 is 10.2 Å². The van der Waals surface area contributed by atoms with E-state index >= 15 is 0 Å². The quantitative estimate of drug-likeness (QED) is 0.917. The van der Waals surface area contributed by atoms with Crippen molar-refractivity contribution in [2.24, 2.45) is 10.8 Å². The molecule has 0 aromatic carbocycles. The monoisotopic (exact) mass is 273 g/mol. The van der Waals surface area contributed by atoms with Gasteiger partial charge in [0.05, 0.1) is 0 Å². The zero-order valence-electron chi connectivity index (χ0n) is 13.2. The predicted octanol–water partition coefficient (Wildman–Crippen LogP) is 3.07. The molecule has 1 N–H and O–H groups in total. The lowest BCUT2D eigenvalue weighted by molar-refractivity contribution is 0.386. The molecule has 20 heavy (non-hydrogen) atoms. The zero-order chi connectivity index (χ0) is 14.4. The molecule has 2 aliphatic rings. The van der Waals surface area contributed by atoms with E-state index in [-0.39, 0.29) is 0 Å². The van der Waals surface area contributed by atoms with Gasteiger partial charge in [-0.3, -0.25) is 4.98 Å². The summed E-state index contributed by atoms with van der Waals surface area (Å²) in [5.41, 5.74) is 2.19. The van der Waals surface area contributed by atoms with Crippen LogP contribution in [-0.4, -0.2) is 30.2 Å². The van der Waals surface area contributed by atoms with Gasteiger partial charge in [0.25, 0.3) is 0 Å². The molecule has 1 aromatic heterocycles. The zero-order valence-corrected chi connectivity index (χ0v) is 13.2. The maximum atomic E-state index is 4.10. The molecule has 3 nitrogen and oxygen atoms in total. The predicted molar refractivity (Wildman–Crippen MR) is 84.0 cm³/mol. The van der Waals surface area contributed by atoms with E-state index in [1.807, 2.05) is 12.4 Å². The fraction of sp³-hybridized carbons (Fsp3) is 0.706. The second kappa shape index (κ2) is 4.73. The standard InChI is InChI=1S/C17H27N3/c1-16(2)15(17(16,3)4)19-13-7-11-20(12-8-13)14-5-9-18-10-6-14/h5-6,9-10,13,15,19H,7-8,11-12H2,1-4H3. The Kier molecular flexibility index (Phi) is 3.28. The largest absolute Gasteiger partial charge is 0.371 e. The van der Waals surface area contributed by atoms with Crippen LogP contribution in [-0.2, 0) is 0 Å². The Labute approximate surface area is 122 Å². The average Bonchev–Trinajstić information content (AvgIpc) is 2.83. The molecular weight excluding hydrogens is 246 g/mol. The second-order valence-electron chi connectivity index (χ2n) is 7.51. The van der Waals surface area contributed by atoms with Crippen LogP contribution in [0.25, 0.3) is 0 Å². The lowest BCUT2D eigenvalue weighted by atomic mass is 10.0. The number of aromatic nitrogens is 1. The molecule has 3 heteroatoms. The first-order valence-corrected chi connectivity index (χ1v) is 7.84. The number of nitrogens with one attached hydrogen (secondary N) is 1. The van der Waals surface area contributed by atoms with Crippen LogP contribution in [0.15, 0.2) is 24.5 Å². The van der Waals surface area contributed by atoms with Crippen molar-refractivity contribution in [3.05, 3.63) is 24.5 Å². The number of pyridine rings is 1. The van der Waals surface area contributed by atoms with Gasteiger partial charge in [-0.25, -0.2) is 0 Å². The van der Waals surface area contributed by atoms with E-state index in [4.69, 9.17) is 0 Å². The van der Waals surface area contributed by atoms with Gasteiger partial charge in [0, 0.05) is 43.3 Å². The third-order valence-corrected chi connectivity index (χ3v) is 5.95. The van der Waals surface area contributed by atoms with Gasteiger partial charge < -0.3 is 10.2 Å². The third kappa shape index (κ3) is 2.22. The maximum absolute atomic E-state index is 4.10. The van der Waals surface area contributed by atoms with Crippen molar-refractivity contribution in [3.63, 3.8) is 0 Å². The van der Waals surface area contributed by atoms with Gasteiger partial charge in [0.1, 0.15) is 0 Å². The van der Waals surface area contributed by atoms with Gasteiger partial charge in [-0.2, -0.15) is 0 Å². The molecule has 2 heterocycles. The van der Waals surface area contributed by atoms with Crippen molar-refractivity contribution < 1.29 is 0 Å². The van der Waals surface area contributed by atoms with Gasteiger partial charge in [-0.1, -0.05) is 27.7 Å². The fourth-order valence-corrected chi connectivity index (χ4v) is 3.71. The summed E-state index contributed by atoms with van der Waals surface area (Å²) in [5, 5.41) is 3.91. The summed E-state index contributed by atoms with van der Waals surface area (Å²) in [4.78, 5) is 6.57. The number of anilines is 1. The highest BCUT2D eigenvalue weighted by molar-refractivity contribution is 5.44. The fourth-order valence-electron chi connectivity index (χ4n) is 3.71. The summed E-state index contributed by atoms with van der Waals surface area (Å²) in [6.45, 7) is 11.8. The topological polar surface area (TPSA) is 28.2 Å². The Bertz CT molecular complexity index is 444. The first kappa shape index (κ1) is 13.9. The SMILES string of the molecule is CC1(C)C(NC2CCN(c3ccncc3)CC2)C1(C)C. The molecule has 0 radical (unpaired) electrons. The van der Waals surface area contributed by atoms with Crippen molar-refractivity contribution >= 4 is 5.69 Å². The van der Waals surface area contributed by atoms with Gasteiger partial charge in [-0.15, -0.1) is 0 Å². The Morgan fingerprint density at radius 3 is 2.10 bits per heavy atom. The Morgan fingerprint density at radius 1 is 1.05 bits per heavy atom. The molecule has 2 fully saturated rings. The van der Waals surface area contributed by atoms with Crippen LogP contribution in [0.5, 0.6) is 0 Å². The summed E-state index contributed by atoms with van der Waals surface area (Å²) in [6, 6.07) is 5.58. The third-order valence-electron chi connectivity index (χ3n) is 5.95. The van der Waals surface area contributed by atoms with E-state index in [1.54, 1.807) is 0 Å². The Balaban J connectivity index is 1.53. The number of piperidine rings is 1. The first-order valence-electron chi connectivity index (χ1n) is 7.84. The highest BCUT2D eigenvalue weighted by Gasteiger charge is 2.64. The number of hydrogen-bond donors (Lipinski definition) is 1. The molecule has 1 aromatic rings. The lowest BCUT2D eigenvalue weighted by Crippen LogP contribution is -2.44. The number of rotatable bonds is 3. The van der Waals surface area contributed by atoms with Crippen LogP contribution in [0.1, 0.15) is 40.5 Å². The van der Waals surface area contributed by atoms with E-state index < -0.39 is 0 Å². The van der Waals surface area contributed by atoms with Crippen molar-refractivity contribution in [2.75, 3.05) is 18.0 Å². The molecule has 1 saturated carbocycles. The highest BCUT2D eigenvalue weighted by atomic mass is 15.2. The molecule has 3 rings (SSSR count). The maximum Gasteiger partial charge on any atom is 0.0397 e. The van der Waals surface area contributed by atoms with Crippen molar-refractivity contribution in [3.8, 4) is 0 Å². The molecule has 1 saturated heterocycles. The summed E-state index contributed by atoms with van der Waals surface area (Å²) in [6.07, 6.45) is 6.25. The van der Waals surface area contributed by atoms with Crippen molar-refractivity contribution in [2.45, 2.75) is 52.6 Å². The van der Waals surface area contributed by atoms with Gasteiger partial charge in [0.15, 0.2) is 0 Å². The number of hydrogen-bond acceptors (Lipinski definition) is 3. The molecule has 1 aliphatic carbocycles. The molecule has 0 unspecified atom stereocenters. The molecule has 0 atom stereocenters. The number of nitrogens with zero attached hydrogens (tertiary/aromatic N) is 2. The van der Waals surface area contributed by atoms with E-state index in [1.165, 1.54) is 18.5 Å². The molecular formula is C17H27N3. The van der Waals surface area contributed by atoms with Crippen molar-refractivity contribution in [1.29, 1.82) is 0 Å². The molecule has 0 amide bonds. The second-order valence-corrected chi connectivity index (χ2v) is 7.51. The minimum atomic E-state index is 0.440. The average molecular weight is 273 g/mol. The van der Waals surface area contributed by atoms with Crippen LogP contribution in [0.2, 0.25) is 0 Å². The van der Waals surface area contributed by atoms with Crippen LogP contribution in [0, 0.1) is 10.8 Å². The van der Waals surface area contributed by atoms with Crippen LogP contribution in [0.3, 0.4) is 0 Å². The minimum absolute atomic E-state index is 0.440. The van der Waals surface area contributed by atoms with E-state index in [0.717, 1.165) is 13.1 Å². The molecule has 0 bridgehead atoms. The van der Waals surface area contributed by atoms with Gasteiger partial charge in [-0.05, 0) is 35.8 Å². The van der Waals surface area contributed by atoms with E-state index in [0.29, 0.717) is 22.9 Å². The summed E-state index contributed by atoms with van der Waals surface area (Å²) < 4.78 is 0. The first-order chi connectivity index (χ1) is 9.43. The lowest BCUT2D eigenvalue weighted by Gasteiger charge is -2.34. The Morgan fingerprint density at radius 2 is 1.60 bits per heavy atom. The summed E-state index contributed by atoms with van der Waals surface area (Å²) in [5.74, 6) is 0. The van der Waals surface area contributed by atoms with Gasteiger partial charge in [0.2, 0.25) is 0 Å². The van der Waals surface area contributed by atoms with E-state index in [9.17, 15) is 0 Å². The smallest absolute Gasteiger partial charge is 0.0397 e. The van der Waals surface area contributed by atoms with E-state index in [2.05, 4.69) is 55.0 Å². The highest BCUT2D eigenvalue weighted by Crippen LogP contribution is 2.62. The molecule has 1 aliphatic heterocycles. The Hall–Kier alpha value is -1.09. The normalized spacial score (nSPS) is 25.7. The van der Waals surface area contributed by atoms with Crippen molar-refractivity contribution in [1.82, 2.24) is 10.3 Å². The van der Waals surface area contributed by atoms with Crippen LogP contribution >= 0.6 is 0 Å². The van der Waals surface area contributed by atoms with Gasteiger partial charge >= 0.3 is 0 Å². The minimum Gasteiger partial charge on any atom is -0.371 e. The molecule has 110 valence electrons. The summed E-state index contributed by atoms with van der Waals surface area (Å²) in [7, 11) is 0. The molecule has 0 spiro atoms. The summed E-state index contributed by atoms with van der Waals surface area (Å²) >= 11 is 0. The van der Waals surface area contributed by atoms with Crippen LogP contribution in [0.4, 0.5) is 5.69 Å².